The van der Waals surface area contributed by atoms with Crippen molar-refractivity contribution in [3.63, 3.8) is 0 Å². The molecule has 0 aliphatic rings. The SMILES string of the molecule is CC(O)(c1ccc(O)cc1)c1ccc(C(Cc2cc[n+]([O-])cc2)c2ccc(OC(F)F)c(OC(F)F)c2)cn1. The number of hydrogen-bond donors (Lipinski definition) is 2. The number of phenols is 1. The van der Waals surface area contributed by atoms with Crippen LogP contribution in [0, 0.1) is 5.21 Å². The molecule has 2 heterocycles. The molecule has 2 aromatic heterocycles. The number of benzene rings is 2. The quantitative estimate of drug-likeness (QED) is 0.161. The van der Waals surface area contributed by atoms with Crippen molar-refractivity contribution < 1.29 is 42.0 Å². The molecule has 4 rings (SSSR count). The van der Waals surface area contributed by atoms with Gasteiger partial charge in [-0.3, -0.25) is 4.98 Å². The van der Waals surface area contributed by atoms with E-state index in [0.717, 1.165) is 11.6 Å². The first-order valence-electron chi connectivity index (χ1n) is 11.7. The van der Waals surface area contributed by atoms with Crippen LogP contribution in [-0.4, -0.2) is 28.4 Å². The molecule has 4 aromatic rings. The molecule has 0 fully saturated rings. The number of nitrogens with zero attached hydrogens (tertiary/aromatic N) is 2. The molecule has 2 aromatic carbocycles. The van der Waals surface area contributed by atoms with E-state index in [0.29, 0.717) is 33.5 Å². The number of aromatic hydroxyl groups is 1. The maximum absolute atomic E-state index is 13.1. The first-order valence-corrected chi connectivity index (χ1v) is 11.7. The van der Waals surface area contributed by atoms with Crippen LogP contribution < -0.4 is 14.2 Å². The highest BCUT2D eigenvalue weighted by Crippen LogP contribution is 2.37. The van der Waals surface area contributed by atoms with Crippen molar-refractivity contribution in [2.45, 2.75) is 38.1 Å². The summed E-state index contributed by atoms with van der Waals surface area (Å²) in [5.74, 6) is -1.59. The number of halogens is 4. The molecule has 204 valence electrons. The lowest BCUT2D eigenvalue weighted by Crippen LogP contribution is -2.24. The summed E-state index contributed by atoms with van der Waals surface area (Å²) in [6, 6.07) is 16.3. The maximum Gasteiger partial charge on any atom is 0.387 e. The fourth-order valence-electron chi connectivity index (χ4n) is 4.20. The molecule has 0 spiro atoms. The maximum atomic E-state index is 13.1. The summed E-state index contributed by atoms with van der Waals surface area (Å²) in [7, 11) is 0. The Morgan fingerprint density at radius 1 is 0.872 bits per heavy atom. The van der Waals surface area contributed by atoms with Gasteiger partial charge in [-0.05, 0) is 65.9 Å². The third kappa shape index (κ3) is 6.74. The first-order chi connectivity index (χ1) is 18.5. The number of aromatic nitrogens is 2. The van der Waals surface area contributed by atoms with Gasteiger partial charge in [0.05, 0.1) is 5.69 Å². The van der Waals surface area contributed by atoms with Gasteiger partial charge in [-0.15, -0.1) is 0 Å². The van der Waals surface area contributed by atoms with E-state index < -0.39 is 36.2 Å². The van der Waals surface area contributed by atoms with E-state index >= 15 is 0 Å². The summed E-state index contributed by atoms with van der Waals surface area (Å²) < 4.78 is 61.2. The second-order valence-corrected chi connectivity index (χ2v) is 8.88. The lowest BCUT2D eigenvalue weighted by molar-refractivity contribution is -0.605. The summed E-state index contributed by atoms with van der Waals surface area (Å²) in [4.78, 5) is 4.44. The number of phenolic OH excluding ortho intramolecular Hbond substituents is 1. The van der Waals surface area contributed by atoms with Gasteiger partial charge in [0.25, 0.3) is 0 Å². The van der Waals surface area contributed by atoms with Gasteiger partial charge in [-0.1, -0.05) is 24.3 Å². The second kappa shape index (κ2) is 11.6. The summed E-state index contributed by atoms with van der Waals surface area (Å²) in [6.07, 6.45) is 4.43. The summed E-state index contributed by atoms with van der Waals surface area (Å²) >= 11 is 0. The van der Waals surface area contributed by atoms with Crippen LogP contribution in [0.25, 0.3) is 0 Å². The molecule has 0 aliphatic carbocycles. The minimum Gasteiger partial charge on any atom is -0.619 e. The van der Waals surface area contributed by atoms with Crippen LogP contribution >= 0.6 is 0 Å². The van der Waals surface area contributed by atoms with Crippen molar-refractivity contribution in [2.24, 2.45) is 0 Å². The molecular weight excluding hydrogens is 520 g/mol. The molecule has 2 N–H and O–H groups in total. The van der Waals surface area contributed by atoms with E-state index in [2.05, 4.69) is 14.5 Å². The van der Waals surface area contributed by atoms with Gasteiger partial charge in [0.2, 0.25) is 0 Å². The molecule has 0 saturated heterocycles. The van der Waals surface area contributed by atoms with Crippen LogP contribution in [-0.2, 0) is 12.0 Å². The molecule has 0 saturated carbocycles. The average Bonchev–Trinajstić information content (AvgIpc) is 2.89. The summed E-state index contributed by atoms with van der Waals surface area (Å²) in [5, 5.41) is 32.2. The highest BCUT2D eigenvalue weighted by atomic mass is 19.3. The molecule has 0 amide bonds. The van der Waals surface area contributed by atoms with Gasteiger partial charge in [0.15, 0.2) is 23.9 Å². The van der Waals surface area contributed by atoms with Crippen LogP contribution in [0.1, 0.15) is 40.8 Å². The molecule has 39 heavy (non-hydrogen) atoms. The van der Waals surface area contributed by atoms with E-state index in [1.54, 1.807) is 43.3 Å². The number of alkyl halides is 4. The zero-order valence-electron chi connectivity index (χ0n) is 20.5. The highest BCUT2D eigenvalue weighted by Gasteiger charge is 2.28. The molecule has 0 radical (unpaired) electrons. The van der Waals surface area contributed by atoms with Gasteiger partial charge in [0, 0.05) is 24.2 Å². The van der Waals surface area contributed by atoms with E-state index in [9.17, 15) is 33.0 Å². The van der Waals surface area contributed by atoms with E-state index in [4.69, 9.17) is 0 Å². The lowest BCUT2D eigenvalue weighted by atomic mass is 9.85. The van der Waals surface area contributed by atoms with Gasteiger partial charge >= 0.3 is 13.2 Å². The molecule has 2 unspecified atom stereocenters. The van der Waals surface area contributed by atoms with Crippen LogP contribution in [0.5, 0.6) is 17.2 Å². The number of ether oxygens (including phenoxy) is 2. The van der Waals surface area contributed by atoms with Gasteiger partial charge in [0.1, 0.15) is 11.4 Å². The van der Waals surface area contributed by atoms with Crippen molar-refractivity contribution >= 4 is 0 Å². The Hall–Kier alpha value is -4.38. The topological polar surface area (TPSA) is 98.8 Å². The number of aliphatic hydroxyl groups is 1. The van der Waals surface area contributed by atoms with Gasteiger partial charge < -0.3 is 24.9 Å². The Kier molecular flexibility index (Phi) is 8.20. The van der Waals surface area contributed by atoms with Crippen LogP contribution in [0.3, 0.4) is 0 Å². The van der Waals surface area contributed by atoms with E-state index in [-0.39, 0.29) is 5.75 Å². The molecule has 2 atom stereocenters. The third-order valence-corrected chi connectivity index (χ3v) is 6.23. The van der Waals surface area contributed by atoms with Crippen molar-refractivity contribution in [1.82, 2.24) is 4.98 Å². The molecule has 7 nitrogen and oxygen atoms in total. The third-order valence-electron chi connectivity index (χ3n) is 6.23. The fourth-order valence-corrected chi connectivity index (χ4v) is 4.20. The van der Waals surface area contributed by atoms with Crippen molar-refractivity contribution in [2.75, 3.05) is 0 Å². The Bertz CT molecular complexity index is 1380. The standard InChI is InChI=1S/C28H24F4N2O5/c1-28(36,20-4-6-21(35)7-5-20)25-9-3-19(16-33-25)22(14-17-10-12-34(37)13-11-17)18-2-8-23(38-26(29)30)24(15-18)39-27(31)32/h2-13,15-16,22,26-27,35-36H,14H2,1H3. The monoisotopic (exact) mass is 544 g/mol. The smallest absolute Gasteiger partial charge is 0.387 e. The van der Waals surface area contributed by atoms with Gasteiger partial charge in [-0.25, -0.2) is 0 Å². The molecule has 0 aliphatic heterocycles. The molecular formula is C28H24F4N2O5. The van der Waals surface area contributed by atoms with Crippen molar-refractivity contribution in [3.05, 3.63) is 118 Å². The van der Waals surface area contributed by atoms with Crippen molar-refractivity contribution in [1.29, 1.82) is 0 Å². The fraction of sp³-hybridized carbons (Fsp3) is 0.214. The van der Waals surface area contributed by atoms with Crippen molar-refractivity contribution in [3.8, 4) is 17.2 Å². The Balaban J connectivity index is 1.73. The zero-order valence-corrected chi connectivity index (χ0v) is 20.5. The van der Waals surface area contributed by atoms with E-state index in [1.165, 1.54) is 42.9 Å². The highest BCUT2D eigenvalue weighted by molar-refractivity contribution is 5.47. The number of rotatable bonds is 10. The minimum absolute atomic E-state index is 0.0456. The average molecular weight is 545 g/mol. The predicted octanol–water partition coefficient (Wildman–Crippen LogP) is 5.25. The Labute approximate surface area is 221 Å². The predicted molar refractivity (Wildman–Crippen MR) is 132 cm³/mol. The minimum atomic E-state index is -3.27. The van der Waals surface area contributed by atoms with Gasteiger partial charge in [-0.2, -0.15) is 22.3 Å². The van der Waals surface area contributed by atoms with Crippen LogP contribution in [0.4, 0.5) is 17.6 Å². The zero-order chi connectivity index (χ0) is 28.2. The van der Waals surface area contributed by atoms with E-state index in [1.807, 2.05) is 0 Å². The molecule has 0 bridgehead atoms. The summed E-state index contributed by atoms with van der Waals surface area (Å²) in [5.41, 5.74) is 1.10. The summed E-state index contributed by atoms with van der Waals surface area (Å²) in [6.45, 7) is -4.97. The number of pyridine rings is 2. The Morgan fingerprint density at radius 2 is 1.49 bits per heavy atom. The number of hydrogen-bond acceptors (Lipinski definition) is 6. The second-order valence-electron chi connectivity index (χ2n) is 8.88. The molecule has 11 heteroatoms. The van der Waals surface area contributed by atoms with Crippen LogP contribution in [0.15, 0.2) is 85.3 Å². The first kappa shape index (κ1) is 27.6. The normalized spacial score (nSPS) is 13.7. The largest absolute Gasteiger partial charge is 0.619 e. The van der Waals surface area contributed by atoms with Crippen LogP contribution in [0.2, 0.25) is 0 Å². The lowest BCUT2D eigenvalue weighted by Gasteiger charge is -2.25. The Morgan fingerprint density at radius 3 is 2.08 bits per heavy atom.